The molecule has 1 rings (SSSR count). The van der Waals surface area contributed by atoms with Gasteiger partial charge in [0, 0.05) is 0 Å². The van der Waals surface area contributed by atoms with E-state index < -0.39 is 0 Å². The lowest BCUT2D eigenvalue weighted by atomic mass is 10.2. The van der Waals surface area contributed by atoms with Crippen LogP contribution in [0.1, 0.15) is 26.3 Å². The van der Waals surface area contributed by atoms with Crippen LogP contribution in [0, 0.1) is 6.92 Å². The second-order valence-corrected chi connectivity index (χ2v) is 4.80. The fourth-order valence-corrected chi connectivity index (χ4v) is 1.36. The Labute approximate surface area is 97.6 Å². The van der Waals surface area contributed by atoms with Gasteiger partial charge in [-0.05, 0) is 39.3 Å². The lowest BCUT2D eigenvalue weighted by Crippen LogP contribution is -2.22. The standard InChI is InChI=1S/C13H21NO2/c1-10-6-5-7-11(14)12(10)15-8-9-16-13(2,3)4/h5-7H,8-9,14H2,1-4H3. The second-order valence-electron chi connectivity index (χ2n) is 4.80. The van der Waals surface area contributed by atoms with E-state index in [9.17, 15) is 0 Å². The van der Waals surface area contributed by atoms with Crippen LogP contribution in [0.25, 0.3) is 0 Å². The van der Waals surface area contributed by atoms with Crippen LogP contribution in [0.2, 0.25) is 0 Å². The number of anilines is 1. The monoisotopic (exact) mass is 223 g/mol. The van der Waals surface area contributed by atoms with Gasteiger partial charge < -0.3 is 15.2 Å². The van der Waals surface area contributed by atoms with Gasteiger partial charge in [-0.1, -0.05) is 12.1 Å². The number of aryl methyl sites for hydroxylation is 1. The van der Waals surface area contributed by atoms with E-state index in [0.29, 0.717) is 18.9 Å². The highest BCUT2D eigenvalue weighted by atomic mass is 16.5. The van der Waals surface area contributed by atoms with Crippen LogP contribution in [0.4, 0.5) is 5.69 Å². The molecule has 0 unspecified atom stereocenters. The first-order chi connectivity index (χ1) is 7.40. The molecular weight excluding hydrogens is 202 g/mol. The summed E-state index contributed by atoms with van der Waals surface area (Å²) in [5.74, 6) is 0.764. The Morgan fingerprint density at radius 3 is 2.44 bits per heavy atom. The Morgan fingerprint density at radius 1 is 1.19 bits per heavy atom. The summed E-state index contributed by atoms with van der Waals surface area (Å²) in [5, 5.41) is 0. The number of para-hydroxylation sites is 1. The Kier molecular flexibility index (Phi) is 4.19. The maximum atomic E-state index is 5.82. The number of hydrogen-bond donors (Lipinski definition) is 1. The first-order valence-electron chi connectivity index (χ1n) is 5.52. The van der Waals surface area contributed by atoms with Gasteiger partial charge in [-0.15, -0.1) is 0 Å². The van der Waals surface area contributed by atoms with Crippen molar-refractivity contribution < 1.29 is 9.47 Å². The molecule has 0 saturated heterocycles. The van der Waals surface area contributed by atoms with Crippen LogP contribution in [0.5, 0.6) is 5.75 Å². The maximum Gasteiger partial charge on any atom is 0.145 e. The van der Waals surface area contributed by atoms with E-state index in [2.05, 4.69) is 0 Å². The van der Waals surface area contributed by atoms with Crippen LogP contribution >= 0.6 is 0 Å². The van der Waals surface area contributed by atoms with Gasteiger partial charge in [0.15, 0.2) is 0 Å². The van der Waals surface area contributed by atoms with Crippen molar-refractivity contribution >= 4 is 5.69 Å². The zero-order chi connectivity index (χ0) is 12.2. The molecule has 0 heterocycles. The Hall–Kier alpha value is -1.22. The zero-order valence-corrected chi connectivity index (χ0v) is 10.5. The molecule has 0 bridgehead atoms. The lowest BCUT2D eigenvalue weighted by Gasteiger charge is -2.20. The third-order valence-corrected chi connectivity index (χ3v) is 2.11. The molecule has 0 saturated carbocycles. The van der Waals surface area contributed by atoms with Crippen molar-refractivity contribution in [3.05, 3.63) is 23.8 Å². The topological polar surface area (TPSA) is 44.5 Å². The summed E-state index contributed by atoms with van der Waals surface area (Å²) in [6.45, 7) is 9.14. The number of nitrogens with two attached hydrogens (primary N) is 1. The van der Waals surface area contributed by atoms with Gasteiger partial charge in [-0.2, -0.15) is 0 Å². The largest absolute Gasteiger partial charge is 0.489 e. The number of benzene rings is 1. The summed E-state index contributed by atoms with van der Waals surface area (Å²) >= 11 is 0. The van der Waals surface area contributed by atoms with Crippen molar-refractivity contribution in [1.29, 1.82) is 0 Å². The van der Waals surface area contributed by atoms with Crippen molar-refractivity contribution in [1.82, 2.24) is 0 Å². The third-order valence-electron chi connectivity index (χ3n) is 2.11. The van der Waals surface area contributed by atoms with Gasteiger partial charge in [0.1, 0.15) is 12.4 Å². The normalized spacial score (nSPS) is 11.5. The average Bonchev–Trinajstić information content (AvgIpc) is 2.14. The summed E-state index contributed by atoms with van der Waals surface area (Å²) < 4.78 is 11.2. The Balaban J connectivity index is 2.43. The molecule has 3 nitrogen and oxygen atoms in total. The van der Waals surface area contributed by atoms with Crippen molar-refractivity contribution in [2.24, 2.45) is 0 Å². The number of ether oxygens (including phenoxy) is 2. The van der Waals surface area contributed by atoms with E-state index in [0.717, 1.165) is 11.3 Å². The van der Waals surface area contributed by atoms with Crippen molar-refractivity contribution in [3.8, 4) is 5.75 Å². The summed E-state index contributed by atoms with van der Waals surface area (Å²) in [5.41, 5.74) is 7.43. The van der Waals surface area contributed by atoms with E-state index in [4.69, 9.17) is 15.2 Å². The van der Waals surface area contributed by atoms with Crippen LogP contribution in [0.15, 0.2) is 18.2 Å². The molecule has 2 N–H and O–H groups in total. The second kappa shape index (κ2) is 5.21. The van der Waals surface area contributed by atoms with Gasteiger partial charge in [-0.25, -0.2) is 0 Å². The molecule has 0 aliphatic carbocycles. The van der Waals surface area contributed by atoms with Gasteiger partial charge >= 0.3 is 0 Å². The van der Waals surface area contributed by atoms with Gasteiger partial charge in [0.2, 0.25) is 0 Å². The molecule has 0 aliphatic rings. The van der Waals surface area contributed by atoms with Crippen LogP contribution in [-0.4, -0.2) is 18.8 Å². The number of nitrogen functional groups attached to an aromatic ring is 1. The third kappa shape index (κ3) is 4.11. The van der Waals surface area contributed by atoms with Gasteiger partial charge in [0.05, 0.1) is 17.9 Å². The Morgan fingerprint density at radius 2 is 1.88 bits per heavy atom. The molecule has 16 heavy (non-hydrogen) atoms. The highest BCUT2D eigenvalue weighted by molar-refractivity contribution is 5.56. The van der Waals surface area contributed by atoms with E-state index in [1.165, 1.54) is 0 Å². The molecule has 0 aromatic heterocycles. The Bertz CT molecular complexity index is 322. The van der Waals surface area contributed by atoms with Crippen LogP contribution in [-0.2, 0) is 4.74 Å². The quantitative estimate of drug-likeness (QED) is 0.630. The summed E-state index contributed by atoms with van der Waals surface area (Å²) in [6, 6.07) is 5.74. The molecular formula is C13H21NO2. The molecule has 1 aromatic carbocycles. The van der Waals surface area contributed by atoms with Crippen molar-refractivity contribution in [3.63, 3.8) is 0 Å². The minimum atomic E-state index is -0.124. The summed E-state index contributed by atoms with van der Waals surface area (Å²) in [6.07, 6.45) is 0. The first-order valence-corrected chi connectivity index (χ1v) is 5.52. The molecule has 0 spiro atoms. The zero-order valence-electron chi connectivity index (χ0n) is 10.5. The van der Waals surface area contributed by atoms with Crippen LogP contribution < -0.4 is 10.5 Å². The predicted octanol–water partition coefficient (Wildman–Crippen LogP) is 2.77. The lowest BCUT2D eigenvalue weighted by molar-refractivity contribution is -0.0162. The number of hydrogen-bond acceptors (Lipinski definition) is 3. The SMILES string of the molecule is Cc1cccc(N)c1OCCOC(C)(C)C. The minimum Gasteiger partial charge on any atom is -0.489 e. The van der Waals surface area contributed by atoms with E-state index in [1.54, 1.807) is 0 Å². The molecule has 3 heteroatoms. The smallest absolute Gasteiger partial charge is 0.145 e. The van der Waals surface area contributed by atoms with E-state index in [1.807, 2.05) is 45.9 Å². The molecule has 1 aromatic rings. The maximum absolute atomic E-state index is 5.82. The summed E-state index contributed by atoms with van der Waals surface area (Å²) in [7, 11) is 0. The minimum absolute atomic E-state index is 0.124. The molecule has 0 aliphatic heterocycles. The highest BCUT2D eigenvalue weighted by Crippen LogP contribution is 2.25. The molecule has 0 atom stereocenters. The van der Waals surface area contributed by atoms with E-state index in [-0.39, 0.29) is 5.60 Å². The molecule has 0 fully saturated rings. The summed E-state index contributed by atoms with van der Waals surface area (Å²) in [4.78, 5) is 0. The van der Waals surface area contributed by atoms with E-state index >= 15 is 0 Å². The first kappa shape index (κ1) is 12.8. The molecule has 0 amide bonds. The van der Waals surface area contributed by atoms with Crippen LogP contribution in [0.3, 0.4) is 0 Å². The van der Waals surface area contributed by atoms with Gasteiger partial charge in [-0.3, -0.25) is 0 Å². The fraction of sp³-hybridized carbons (Fsp3) is 0.538. The predicted molar refractivity (Wildman–Crippen MR) is 66.8 cm³/mol. The highest BCUT2D eigenvalue weighted by Gasteiger charge is 2.10. The van der Waals surface area contributed by atoms with Crippen molar-refractivity contribution in [2.75, 3.05) is 18.9 Å². The molecule has 0 radical (unpaired) electrons. The fourth-order valence-electron chi connectivity index (χ4n) is 1.36. The van der Waals surface area contributed by atoms with Crippen molar-refractivity contribution in [2.45, 2.75) is 33.3 Å². The number of rotatable bonds is 4. The van der Waals surface area contributed by atoms with Gasteiger partial charge in [0.25, 0.3) is 0 Å². The molecule has 90 valence electrons. The average molecular weight is 223 g/mol.